The average Bonchev–Trinajstić information content (AvgIpc) is 3.23. The molecule has 1 fully saturated rings. The van der Waals surface area contributed by atoms with E-state index < -0.39 is 0 Å². The molecule has 1 aromatic carbocycles. The molecule has 7 heteroatoms. The summed E-state index contributed by atoms with van der Waals surface area (Å²) in [6.45, 7) is 2.64. The molecule has 0 saturated carbocycles. The van der Waals surface area contributed by atoms with Gasteiger partial charge in [-0.1, -0.05) is 11.6 Å². The predicted molar refractivity (Wildman–Crippen MR) is 116 cm³/mol. The number of halogens is 2. The number of pyridine rings is 1. The first kappa shape index (κ1) is 18.8. The number of hydrogen-bond acceptors (Lipinski definition) is 4. The Balaban J connectivity index is 0.000000258. The second kappa shape index (κ2) is 8.62. The van der Waals surface area contributed by atoms with Crippen LogP contribution in [0.3, 0.4) is 0 Å². The molecule has 0 radical (unpaired) electrons. The van der Waals surface area contributed by atoms with Gasteiger partial charge in [0.15, 0.2) is 5.65 Å². The van der Waals surface area contributed by atoms with Crippen LogP contribution in [0.2, 0.25) is 5.02 Å². The van der Waals surface area contributed by atoms with Gasteiger partial charge in [-0.15, -0.1) is 0 Å². The quantitative estimate of drug-likeness (QED) is 0.476. The van der Waals surface area contributed by atoms with Crippen molar-refractivity contribution in [3.8, 4) is 17.0 Å². The predicted octanol–water partition coefficient (Wildman–Crippen LogP) is 5.62. The molecular formula is C18H19ClIN3OS. The van der Waals surface area contributed by atoms with Crippen molar-refractivity contribution in [3.63, 3.8) is 0 Å². The van der Waals surface area contributed by atoms with E-state index in [-0.39, 0.29) is 5.75 Å². The molecule has 4 rings (SSSR count). The van der Waals surface area contributed by atoms with Crippen LogP contribution in [0.4, 0.5) is 0 Å². The van der Waals surface area contributed by atoms with Gasteiger partial charge in [-0.05, 0) is 74.9 Å². The standard InChI is InChI=1S/C13H8ClIN2OS.C5H11N/c14-11-5-6-16-13-10(11)7-12(17(13)19-15)8-1-3-9(18)4-2-8;1-6-4-2-3-5-6/h1-7,18H;2-5H2,1H3. The van der Waals surface area contributed by atoms with Gasteiger partial charge in [0, 0.05) is 41.9 Å². The largest absolute Gasteiger partial charge is 0.508 e. The Labute approximate surface area is 168 Å². The number of phenols is 1. The van der Waals surface area contributed by atoms with E-state index in [1.165, 1.54) is 25.9 Å². The van der Waals surface area contributed by atoms with E-state index in [0.29, 0.717) is 5.02 Å². The fourth-order valence-corrected chi connectivity index (χ4v) is 4.66. The third-order valence-corrected chi connectivity index (χ3v) is 6.19. The van der Waals surface area contributed by atoms with Gasteiger partial charge >= 0.3 is 0 Å². The molecule has 0 unspecified atom stereocenters. The molecule has 3 heterocycles. The SMILES string of the molecule is CN1CCCC1.Oc1ccc(-c2cc3c(Cl)ccnc3n2SI)cc1. The number of phenolic OH excluding ortho intramolecular Hbond substituents is 1. The van der Waals surface area contributed by atoms with E-state index in [1.807, 2.05) is 22.2 Å². The van der Waals surface area contributed by atoms with Crippen LogP contribution in [0.15, 0.2) is 42.6 Å². The zero-order valence-corrected chi connectivity index (χ0v) is 17.6. The highest BCUT2D eigenvalue weighted by molar-refractivity contribution is 14.2. The number of rotatable bonds is 2. The van der Waals surface area contributed by atoms with Gasteiger partial charge in [-0.25, -0.2) is 4.98 Å². The molecular weight excluding hydrogens is 469 g/mol. The second-order valence-electron chi connectivity index (χ2n) is 5.98. The van der Waals surface area contributed by atoms with Gasteiger partial charge < -0.3 is 10.0 Å². The van der Waals surface area contributed by atoms with Gasteiger partial charge in [0.25, 0.3) is 0 Å². The summed E-state index contributed by atoms with van der Waals surface area (Å²) in [4.78, 5) is 6.74. The monoisotopic (exact) mass is 487 g/mol. The van der Waals surface area contributed by atoms with Crippen molar-refractivity contribution in [2.75, 3.05) is 20.1 Å². The molecule has 1 aliphatic heterocycles. The van der Waals surface area contributed by atoms with E-state index in [0.717, 1.165) is 22.3 Å². The molecule has 3 aromatic rings. The summed E-state index contributed by atoms with van der Waals surface area (Å²) >= 11 is 8.42. The minimum atomic E-state index is 0.254. The minimum Gasteiger partial charge on any atom is -0.508 e. The molecule has 132 valence electrons. The number of fused-ring (bicyclic) bond motifs is 1. The van der Waals surface area contributed by atoms with Crippen molar-refractivity contribution in [1.82, 2.24) is 13.9 Å². The van der Waals surface area contributed by atoms with Gasteiger partial charge in [0.05, 0.1) is 10.7 Å². The number of nitrogens with zero attached hydrogens (tertiary/aromatic N) is 3. The maximum atomic E-state index is 9.37. The van der Waals surface area contributed by atoms with Gasteiger partial charge in [0.1, 0.15) is 5.75 Å². The molecule has 0 bridgehead atoms. The van der Waals surface area contributed by atoms with Crippen LogP contribution in [0.25, 0.3) is 22.3 Å². The Kier molecular flexibility index (Phi) is 6.49. The lowest BCUT2D eigenvalue weighted by atomic mass is 10.1. The lowest BCUT2D eigenvalue weighted by Crippen LogP contribution is -2.10. The zero-order chi connectivity index (χ0) is 17.8. The van der Waals surface area contributed by atoms with E-state index in [9.17, 15) is 5.11 Å². The molecule has 0 atom stereocenters. The minimum absolute atomic E-state index is 0.254. The van der Waals surface area contributed by atoms with Crippen LogP contribution in [-0.2, 0) is 0 Å². The van der Waals surface area contributed by atoms with Crippen molar-refractivity contribution >= 4 is 53.0 Å². The van der Waals surface area contributed by atoms with Gasteiger partial charge in [0.2, 0.25) is 0 Å². The van der Waals surface area contributed by atoms with Gasteiger partial charge in [-0.2, -0.15) is 0 Å². The topological polar surface area (TPSA) is 41.3 Å². The lowest BCUT2D eigenvalue weighted by Gasteiger charge is -2.05. The fourth-order valence-electron chi connectivity index (χ4n) is 2.82. The maximum absolute atomic E-state index is 9.37. The van der Waals surface area contributed by atoms with Crippen molar-refractivity contribution in [3.05, 3.63) is 47.6 Å². The highest BCUT2D eigenvalue weighted by Gasteiger charge is 2.13. The molecule has 0 spiro atoms. The summed E-state index contributed by atoms with van der Waals surface area (Å²) in [5.41, 5.74) is 2.86. The van der Waals surface area contributed by atoms with E-state index >= 15 is 0 Å². The Bertz CT molecular complexity index is 847. The smallest absolute Gasteiger partial charge is 0.152 e. The first-order valence-electron chi connectivity index (χ1n) is 8.03. The first-order chi connectivity index (χ1) is 12.1. The Morgan fingerprint density at radius 3 is 2.40 bits per heavy atom. The van der Waals surface area contributed by atoms with Crippen LogP contribution < -0.4 is 0 Å². The number of benzene rings is 1. The molecule has 2 aromatic heterocycles. The van der Waals surface area contributed by atoms with Crippen molar-refractivity contribution in [2.45, 2.75) is 12.8 Å². The summed E-state index contributed by atoms with van der Waals surface area (Å²) in [6.07, 6.45) is 4.53. The van der Waals surface area contributed by atoms with Crippen LogP contribution in [-0.4, -0.2) is 39.1 Å². The first-order valence-corrected chi connectivity index (χ1v) is 11.7. The van der Waals surface area contributed by atoms with Crippen molar-refractivity contribution in [1.29, 1.82) is 0 Å². The second-order valence-corrected chi connectivity index (χ2v) is 8.07. The highest BCUT2D eigenvalue weighted by atomic mass is 127. The average molecular weight is 488 g/mol. The van der Waals surface area contributed by atoms with Crippen molar-refractivity contribution < 1.29 is 5.11 Å². The molecule has 1 saturated heterocycles. The Morgan fingerprint density at radius 2 is 1.84 bits per heavy atom. The van der Waals surface area contributed by atoms with Crippen LogP contribution in [0.1, 0.15) is 12.8 Å². The summed E-state index contributed by atoms with van der Waals surface area (Å²) < 4.78 is 2.02. The number of likely N-dealkylation sites (tertiary alicyclic amines) is 1. The van der Waals surface area contributed by atoms with E-state index in [2.05, 4.69) is 38.1 Å². The summed E-state index contributed by atoms with van der Waals surface area (Å²) in [5.74, 6) is 0.254. The highest BCUT2D eigenvalue weighted by Crippen LogP contribution is 2.36. The molecule has 4 nitrogen and oxygen atoms in total. The number of aromatic nitrogens is 2. The van der Waals surface area contributed by atoms with E-state index in [4.69, 9.17) is 11.6 Å². The lowest BCUT2D eigenvalue weighted by molar-refractivity contribution is 0.418. The normalized spacial score (nSPS) is 14.5. The van der Waals surface area contributed by atoms with Crippen LogP contribution in [0.5, 0.6) is 5.75 Å². The third kappa shape index (κ3) is 4.42. The number of aromatic hydroxyl groups is 1. The Hall–Kier alpha value is -0.960. The maximum Gasteiger partial charge on any atom is 0.152 e. The number of hydrogen-bond donors (Lipinski definition) is 1. The fraction of sp³-hybridized carbons (Fsp3) is 0.278. The summed E-state index contributed by atoms with van der Waals surface area (Å²) in [7, 11) is 3.72. The van der Waals surface area contributed by atoms with E-state index in [1.54, 1.807) is 33.5 Å². The summed E-state index contributed by atoms with van der Waals surface area (Å²) in [6, 6.07) is 10.9. The zero-order valence-electron chi connectivity index (χ0n) is 13.8. The van der Waals surface area contributed by atoms with Crippen molar-refractivity contribution in [2.24, 2.45) is 0 Å². The molecule has 1 N–H and O–H groups in total. The molecule has 1 aliphatic rings. The van der Waals surface area contributed by atoms with Gasteiger partial charge in [-0.3, -0.25) is 3.97 Å². The molecule has 25 heavy (non-hydrogen) atoms. The molecule has 0 amide bonds. The van der Waals surface area contributed by atoms with Crippen LogP contribution in [0, 0.1) is 0 Å². The summed E-state index contributed by atoms with van der Waals surface area (Å²) in [5, 5.41) is 11.0. The van der Waals surface area contributed by atoms with Crippen LogP contribution >= 0.6 is 41.9 Å². The Morgan fingerprint density at radius 1 is 1.16 bits per heavy atom. The molecule has 0 aliphatic carbocycles. The third-order valence-electron chi connectivity index (χ3n) is 4.17.